The average Bonchev–Trinajstić information content (AvgIpc) is 2.64. The zero-order valence-corrected chi connectivity index (χ0v) is 16.5. The topological polar surface area (TPSA) is 113 Å². The molecule has 0 aliphatic heterocycles. The third kappa shape index (κ3) is 12.4. The summed E-state index contributed by atoms with van der Waals surface area (Å²) in [4.78, 5) is 11.6. The fraction of sp³-hybridized carbons (Fsp3) is 0.632. The summed E-state index contributed by atoms with van der Waals surface area (Å²) in [5.41, 5.74) is 1.11. The quantitative estimate of drug-likeness (QED) is 0.234. The molecule has 7 nitrogen and oxygen atoms in total. The molecule has 0 aromatic heterocycles. The molecule has 8 heteroatoms. The number of unbranched alkanes of at least 4 members (excludes halogenated alkanes) is 8. The Morgan fingerprint density at radius 1 is 0.889 bits per heavy atom. The standard InChI is InChI=1S/C19H31NO6S/c21-15-9-7-5-3-1-2-4-6-8-14-20-18-12-10-17(11-13-18)19(22)26-16-27(23,24)25/h10-13,20-21H,1-9,14-16H2,(H,23,24,25). The van der Waals surface area contributed by atoms with E-state index in [-0.39, 0.29) is 5.56 Å². The van der Waals surface area contributed by atoms with Gasteiger partial charge in [-0.2, -0.15) is 8.42 Å². The molecule has 27 heavy (non-hydrogen) atoms. The average molecular weight is 402 g/mol. The van der Waals surface area contributed by atoms with E-state index in [0.717, 1.165) is 31.5 Å². The van der Waals surface area contributed by atoms with Crippen LogP contribution in [0.1, 0.15) is 68.1 Å². The van der Waals surface area contributed by atoms with Crippen molar-refractivity contribution in [2.75, 3.05) is 24.4 Å². The second-order valence-corrected chi connectivity index (χ2v) is 7.94. The van der Waals surface area contributed by atoms with Gasteiger partial charge in [0.1, 0.15) is 0 Å². The van der Waals surface area contributed by atoms with Crippen LogP contribution in [0.5, 0.6) is 0 Å². The van der Waals surface area contributed by atoms with Crippen LogP contribution in [0.4, 0.5) is 5.69 Å². The smallest absolute Gasteiger partial charge is 0.339 e. The molecule has 0 aliphatic rings. The predicted octanol–water partition coefficient (Wildman–Crippen LogP) is 3.60. The highest BCUT2D eigenvalue weighted by molar-refractivity contribution is 7.85. The summed E-state index contributed by atoms with van der Waals surface area (Å²) in [7, 11) is -4.33. The second-order valence-electron chi connectivity index (χ2n) is 6.54. The second kappa shape index (κ2) is 13.5. The Labute approximate surface area is 161 Å². The number of esters is 1. The number of carbonyl (C=O) groups excluding carboxylic acids is 1. The number of hydrogen-bond donors (Lipinski definition) is 3. The molecule has 0 saturated carbocycles. The Bertz CT molecular complexity index is 630. The van der Waals surface area contributed by atoms with E-state index in [0.29, 0.717) is 6.61 Å². The number of ether oxygens (including phenoxy) is 1. The van der Waals surface area contributed by atoms with Gasteiger partial charge in [-0.3, -0.25) is 4.55 Å². The fourth-order valence-electron chi connectivity index (χ4n) is 2.64. The van der Waals surface area contributed by atoms with Crippen LogP contribution in [0.2, 0.25) is 0 Å². The SMILES string of the molecule is O=C(OCS(=O)(=O)O)c1ccc(NCCCCCCCCCCCO)cc1. The molecule has 0 amide bonds. The van der Waals surface area contributed by atoms with Crippen LogP contribution in [-0.4, -0.2) is 43.1 Å². The Morgan fingerprint density at radius 2 is 1.41 bits per heavy atom. The Balaban J connectivity index is 2.10. The summed E-state index contributed by atoms with van der Waals surface area (Å²) in [5.74, 6) is -1.84. The van der Waals surface area contributed by atoms with E-state index in [2.05, 4.69) is 10.1 Å². The van der Waals surface area contributed by atoms with Crippen LogP contribution in [-0.2, 0) is 14.9 Å². The van der Waals surface area contributed by atoms with E-state index < -0.39 is 22.0 Å². The van der Waals surface area contributed by atoms with Gasteiger partial charge in [-0.1, -0.05) is 44.9 Å². The van der Waals surface area contributed by atoms with Gasteiger partial charge in [-0.25, -0.2) is 4.79 Å². The molecule has 0 bridgehead atoms. The third-order valence-corrected chi connectivity index (χ3v) is 4.54. The van der Waals surface area contributed by atoms with Crippen LogP contribution in [0.15, 0.2) is 24.3 Å². The van der Waals surface area contributed by atoms with Gasteiger partial charge in [0.2, 0.25) is 5.94 Å². The Morgan fingerprint density at radius 3 is 1.93 bits per heavy atom. The van der Waals surface area contributed by atoms with E-state index in [1.807, 2.05) is 0 Å². The first-order chi connectivity index (χ1) is 12.9. The molecule has 0 fully saturated rings. The molecule has 0 saturated heterocycles. The lowest BCUT2D eigenvalue weighted by Gasteiger charge is -2.08. The zero-order valence-electron chi connectivity index (χ0n) is 15.7. The fourth-order valence-corrected chi connectivity index (χ4v) is 2.90. The summed E-state index contributed by atoms with van der Waals surface area (Å²) in [6.07, 6.45) is 10.5. The number of benzene rings is 1. The largest absolute Gasteiger partial charge is 0.443 e. The Hall–Kier alpha value is -1.64. The summed E-state index contributed by atoms with van der Waals surface area (Å²) < 4.78 is 34.2. The molecule has 1 aromatic rings. The molecule has 0 unspecified atom stereocenters. The van der Waals surface area contributed by atoms with Crippen LogP contribution < -0.4 is 5.32 Å². The van der Waals surface area contributed by atoms with E-state index in [4.69, 9.17) is 9.66 Å². The van der Waals surface area contributed by atoms with Crippen molar-refractivity contribution < 1.29 is 27.6 Å². The molecule has 0 aliphatic carbocycles. The number of nitrogens with one attached hydrogen (secondary N) is 1. The number of rotatable bonds is 15. The maximum absolute atomic E-state index is 11.6. The van der Waals surface area contributed by atoms with Crippen molar-refractivity contribution in [2.24, 2.45) is 0 Å². The van der Waals surface area contributed by atoms with Crippen LogP contribution in [0.3, 0.4) is 0 Å². The molecule has 3 N–H and O–H groups in total. The van der Waals surface area contributed by atoms with Crippen LogP contribution in [0, 0.1) is 0 Å². The van der Waals surface area contributed by atoms with Gasteiger partial charge in [0.15, 0.2) is 0 Å². The minimum Gasteiger partial charge on any atom is -0.443 e. The molecule has 0 radical (unpaired) electrons. The number of aliphatic hydroxyl groups excluding tert-OH is 1. The lowest BCUT2D eigenvalue weighted by Crippen LogP contribution is -2.13. The van der Waals surface area contributed by atoms with Crippen molar-refractivity contribution >= 4 is 21.8 Å². The maximum Gasteiger partial charge on any atom is 0.339 e. The van der Waals surface area contributed by atoms with Crippen molar-refractivity contribution in [3.05, 3.63) is 29.8 Å². The van der Waals surface area contributed by atoms with Crippen molar-refractivity contribution in [1.82, 2.24) is 0 Å². The first kappa shape index (κ1) is 23.4. The molecule has 154 valence electrons. The molecule has 0 heterocycles. The molecule has 0 atom stereocenters. The first-order valence-corrected chi connectivity index (χ1v) is 11.1. The number of hydrogen-bond acceptors (Lipinski definition) is 6. The lowest BCUT2D eigenvalue weighted by molar-refractivity contribution is 0.0564. The number of carbonyl (C=O) groups is 1. The highest BCUT2D eigenvalue weighted by atomic mass is 32.2. The van der Waals surface area contributed by atoms with Gasteiger partial charge in [0, 0.05) is 18.8 Å². The minimum atomic E-state index is -4.33. The summed E-state index contributed by atoms with van der Waals surface area (Å²) >= 11 is 0. The van der Waals surface area contributed by atoms with Gasteiger partial charge in [-0.15, -0.1) is 0 Å². The predicted molar refractivity (Wildman–Crippen MR) is 105 cm³/mol. The van der Waals surface area contributed by atoms with Gasteiger partial charge in [0.05, 0.1) is 5.56 Å². The number of aliphatic hydroxyl groups is 1. The lowest BCUT2D eigenvalue weighted by atomic mass is 10.1. The van der Waals surface area contributed by atoms with Crippen molar-refractivity contribution in [3.8, 4) is 0 Å². The summed E-state index contributed by atoms with van der Waals surface area (Å²) in [5, 5.41) is 12.0. The first-order valence-electron chi connectivity index (χ1n) is 9.49. The molecule has 1 aromatic carbocycles. The summed E-state index contributed by atoms with van der Waals surface area (Å²) in [6.45, 7) is 1.15. The van der Waals surface area contributed by atoms with E-state index in [1.165, 1.54) is 38.5 Å². The van der Waals surface area contributed by atoms with E-state index in [1.54, 1.807) is 24.3 Å². The highest BCUT2D eigenvalue weighted by Crippen LogP contribution is 2.12. The summed E-state index contributed by atoms with van der Waals surface area (Å²) in [6, 6.07) is 6.56. The van der Waals surface area contributed by atoms with Gasteiger partial charge >= 0.3 is 16.1 Å². The van der Waals surface area contributed by atoms with Gasteiger partial charge in [-0.05, 0) is 37.1 Å². The van der Waals surface area contributed by atoms with Crippen molar-refractivity contribution in [1.29, 1.82) is 0 Å². The minimum absolute atomic E-state index is 0.225. The van der Waals surface area contributed by atoms with Crippen LogP contribution in [0.25, 0.3) is 0 Å². The maximum atomic E-state index is 11.6. The normalized spacial score (nSPS) is 11.3. The van der Waals surface area contributed by atoms with Crippen molar-refractivity contribution in [3.63, 3.8) is 0 Å². The van der Waals surface area contributed by atoms with Gasteiger partial charge < -0.3 is 15.2 Å². The molecular formula is C19H31NO6S. The molecule has 0 spiro atoms. The number of anilines is 1. The van der Waals surface area contributed by atoms with Crippen LogP contribution >= 0.6 is 0 Å². The molecular weight excluding hydrogens is 370 g/mol. The van der Waals surface area contributed by atoms with Crippen molar-refractivity contribution in [2.45, 2.75) is 57.8 Å². The highest BCUT2D eigenvalue weighted by Gasteiger charge is 2.12. The van der Waals surface area contributed by atoms with E-state index in [9.17, 15) is 13.2 Å². The molecule has 1 rings (SSSR count). The van der Waals surface area contributed by atoms with E-state index >= 15 is 0 Å². The van der Waals surface area contributed by atoms with Gasteiger partial charge in [0.25, 0.3) is 0 Å². The third-order valence-electron chi connectivity index (χ3n) is 4.12. The monoisotopic (exact) mass is 401 g/mol. The zero-order chi connectivity index (χ0) is 20.0. The Kier molecular flexibility index (Phi) is 11.7.